The van der Waals surface area contributed by atoms with Crippen LogP contribution in [-0.2, 0) is 4.79 Å². The van der Waals surface area contributed by atoms with Crippen LogP contribution in [0, 0.1) is 6.92 Å². The second kappa shape index (κ2) is 10.3. The fraction of sp³-hybridized carbons (Fsp3) is 0.192. The highest BCUT2D eigenvalue weighted by Crippen LogP contribution is 2.40. The monoisotopic (exact) mass is 417 g/mol. The van der Waals surface area contributed by atoms with E-state index in [0.717, 1.165) is 11.1 Å². The van der Waals surface area contributed by atoms with Crippen LogP contribution in [-0.4, -0.2) is 27.2 Å². The van der Waals surface area contributed by atoms with E-state index in [1.165, 1.54) is 11.6 Å². The van der Waals surface area contributed by atoms with Crippen molar-refractivity contribution in [3.8, 4) is 17.2 Å². The molecular formula is C26H27NO4. The van der Waals surface area contributed by atoms with Gasteiger partial charge < -0.3 is 19.5 Å². The van der Waals surface area contributed by atoms with E-state index in [1.54, 1.807) is 33.5 Å². The van der Waals surface area contributed by atoms with Crippen molar-refractivity contribution in [1.29, 1.82) is 0 Å². The molecule has 0 saturated heterocycles. The molecule has 0 aliphatic heterocycles. The molecule has 3 rings (SSSR count). The summed E-state index contributed by atoms with van der Waals surface area (Å²) in [6.07, 6.45) is 3.20. The van der Waals surface area contributed by atoms with Crippen LogP contribution in [0.1, 0.15) is 28.3 Å². The quantitative estimate of drug-likeness (QED) is 0.528. The maximum atomic E-state index is 12.8. The van der Waals surface area contributed by atoms with Gasteiger partial charge in [-0.05, 0) is 36.3 Å². The molecule has 0 aliphatic carbocycles. The van der Waals surface area contributed by atoms with Crippen molar-refractivity contribution in [2.24, 2.45) is 0 Å². The van der Waals surface area contributed by atoms with Crippen molar-refractivity contribution in [2.45, 2.75) is 13.0 Å². The van der Waals surface area contributed by atoms with Gasteiger partial charge in [0.15, 0.2) is 11.5 Å². The number of benzene rings is 3. The van der Waals surface area contributed by atoms with Crippen LogP contribution in [0.3, 0.4) is 0 Å². The largest absolute Gasteiger partial charge is 0.493 e. The lowest BCUT2D eigenvalue weighted by molar-refractivity contribution is -0.116. The number of rotatable bonds is 8. The molecule has 1 N–H and O–H groups in total. The molecule has 5 nitrogen and oxygen atoms in total. The molecule has 0 spiro atoms. The van der Waals surface area contributed by atoms with E-state index < -0.39 is 0 Å². The Morgan fingerprint density at radius 1 is 0.806 bits per heavy atom. The molecule has 0 bridgehead atoms. The lowest BCUT2D eigenvalue weighted by atomic mass is 9.98. The predicted molar refractivity (Wildman–Crippen MR) is 123 cm³/mol. The fourth-order valence-corrected chi connectivity index (χ4v) is 3.37. The second-order valence-corrected chi connectivity index (χ2v) is 7.02. The molecule has 31 heavy (non-hydrogen) atoms. The maximum absolute atomic E-state index is 12.8. The topological polar surface area (TPSA) is 56.8 Å². The lowest BCUT2D eigenvalue weighted by Crippen LogP contribution is -2.27. The van der Waals surface area contributed by atoms with E-state index in [0.29, 0.717) is 22.8 Å². The Kier molecular flexibility index (Phi) is 7.33. The van der Waals surface area contributed by atoms with Gasteiger partial charge >= 0.3 is 0 Å². The Hall–Kier alpha value is -3.73. The zero-order valence-electron chi connectivity index (χ0n) is 18.2. The Balaban J connectivity index is 1.86. The van der Waals surface area contributed by atoms with Gasteiger partial charge in [0.2, 0.25) is 11.7 Å². The van der Waals surface area contributed by atoms with Gasteiger partial charge in [0.05, 0.1) is 27.4 Å². The van der Waals surface area contributed by atoms with Crippen LogP contribution in [0.25, 0.3) is 6.08 Å². The van der Waals surface area contributed by atoms with Gasteiger partial charge in [-0.2, -0.15) is 0 Å². The van der Waals surface area contributed by atoms with Gasteiger partial charge in [0.1, 0.15) is 0 Å². The van der Waals surface area contributed by atoms with Gasteiger partial charge in [0.25, 0.3) is 0 Å². The van der Waals surface area contributed by atoms with E-state index in [-0.39, 0.29) is 11.9 Å². The van der Waals surface area contributed by atoms with E-state index in [1.807, 2.05) is 67.6 Å². The van der Waals surface area contributed by atoms with Crippen LogP contribution < -0.4 is 19.5 Å². The molecule has 160 valence electrons. The van der Waals surface area contributed by atoms with Gasteiger partial charge in [-0.25, -0.2) is 0 Å². The molecule has 0 unspecified atom stereocenters. The van der Waals surface area contributed by atoms with E-state index in [4.69, 9.17) is 14.2 Å². The summed E-state index contributed by atoms with van der Waals surface area (Å²) < 4.78 is 16.2. The number of carbonyl (C=O) groups excluding carboxylic acids is 1. The summed E-state index contributed by atoms with van der Waals surface area (Å²) in [5.41, 5.74) is 3.91. The number of hydrogen-bond donors (Lipinski definition) is 1. The normalized spacial score (nSPS) is 11.7. The third kappa shape index (κ3) is 5.25. The van der Waals surface area contributed by atoms with E-state index in [9.17, 15) is 4.79 Å². The average molecular weight is 418 g/mol. The molecule has 1 amide bonds. The highest BCUT2D eigenvalue weighted by molar-refractivity contribution is 5.93. The van der Waals surface area contributed by atoms with Crippen molar-refractivity contribution in [2.75, 3.05) is 21.3 Å². The van der Waals surface area contributed by atoms with Crippen LogP contribution in [0.15, 0.2) is 72.8 Å². The maximum Gasteiger partial charge on any atom is 0.244 e. The SMILES string of the molecule is COc1ccc(/C=C/C(=O)N[C@H](c2ccccc2)c2ccc(C)cc2)c(OC)c1OC. The average Bonchev–Trinajstić information content (AvgIpc) is 2.81. The number of ether oxygens (including phenoxy) is 3. The van der Waals surface area contributed by atoms with Crippen molar-refractivity contribution < 1.29 is 19.0 Å². The van der Waals surface area contributed by atoms with Crippen LogP contribution in [0.4, 0.5) is 0 Å². The molecule has 0 heterocycles. The van der Waals surface area contributed by atoms with Crippen LogP contribution in [0.2, 0.25) is 0 Å². The Morgan fingerprint density at radius 3 is 2.06 bits per heavy atom. The van der Waals surface area contributed by atoms with Crippen molar-refractivity contribution in [3.63, 3.8) is 0 Å². The molecule has 0 saturated carbocycles. The van der Waals surface area contributed by atoms with Crippen molar-refractivity contribution >= 4 is 12.0 Å². The summed E-state index contributed by atoms with van der Waals surface area (Å²) in [6.45, 7) is 2.04. The minimum absolute atomic E-state index is 0.216. The summed E-state index contributed by atoms with van der Waals surface area (Å²) in [4.78, 5) is 12.8. The molecule has 0 fully saturated rings. The molecule has 3 aromatic rings. The summed E-state index contributed by atoms with van der Waals surface area (Å²) in [5.74, 6) is 1.33. The first-order chi connectivity index (χ1) is 15.1. The number of hydrogen-bond acceptors (Lipinski definition) is 4. The molecule has 5 heteroatoms. The van der Waals surface area contributed by atoms with Crippen LogP contribution in [0.5, 0.6) is 17.2 Å². The summed E-state index contributed by atoms with van der Waals surface area (Å²) in [5, 5.41) is 3.11. The van der Waals surface area contributed by atoms with Gasteiger partial charge in [-0.3, -0.25) is 4.79 Å². The molecule has 0 radical (unpaired) electrons. The third-order valence-corrected chi connectivity index (χ3v) is 4.98. The minimum Gasteiger partial charge on any atom is -0.493 e. The number of carbonyl (C=O) groups is 1. The molecule has 0 aromatic heterocycles. The van der Waals surface area contributed by atoms with Gasteiger partial charge in [-0.1, -0.05) is 60.2 Å². The second-order valence-electron chi connectivity index (χ2n) is 7.02. The fourth-order valence-electron chi connectivity index (χ4n) is 3.37. The Morgan fingerprint density at radius 2 is 1.45 bits per heavy atom. The minimum atomic E-state index is -0.258. The number of nitrogens with one attached hydrogen (secondary N) is 1. The molecular weight excluding hydrogens is 390 g/mol. The third-order valence-electron chi connectivity index (χ3n) is 4.98. The van der Waals surface area contributed by atoms with Gasteiger partial charge in [-0.15, -0.1) is 0 Å². The molecule has 1 atom stereocenters. The zero-order valence-corrected chi connectivity index (χ0v) is 18.2. The first-order valence-electron chi connectivity index (χ1n) is 9.96. The molecule has 0 aliphatic rings. The molecule has 3 aromatic carbocycles. The first kappa shape index (κ1) is 22.0. The van der Waals surface area contributed by atoms with E-state index >= 15 is 0 Å². The standard InChI is InChI=1S/C26H27NO4/c1-18-10-12-20(13-11-18)24(19-8-6-5-7-9-19)27-23(28)17-15-21-14-16-22(29-2)26(31-4)25(21)30-3/h5-17,24H,1-4H3,(H,27,28)/b17-15+/t24-/m1/s1. The highest BCUT2D eigenvalue weighted by Gasteiger charge is 2.17. The highest BCUT2D eigenvalue weighted by atomic mass is 16.5. The summed E-state index contributed by atoms with van der Waals surface area (Å²) >= 11 is 0. The van der Waals surface area contributed by atoms with Gasteiger partial charge in [0, 0.05) is 11.6 Å². The summed E-state index contributed by atoms with van der Waals surface area (Å²) in [6, 6.07) is 21.4. The number of methoxy groups -OCH3 is 3. The van der Waals surface area contributed by atoms with E-state index in [2.05, 4.69) is 5.32 Å². The van der Waals surface area contributed by atoms with Crippen molar-refractivity contribution in [3.05, 3.63) is 95.1 Å². The first-order valence-corrected chi connectivity index (χ1v) is 9.96. The number of amides is 1. The van der Waals surface area contributed by atoms with Crippen molar-refractivity contribution in [1.82, 2.24) is 5.32 Å². The zero-order chi connectivity index (χ0) is 22.2. The Labute approximate surface area is 183 Å². The number of aryl methyl sites for hydroxylation is 1. The van der Waals surface area contributed by atoms with Crippen LogP contribution >= 0.6 is 0 Å². The predicted octanol–water partition coefficient (Wildman–Crippen LogP) is 4.94. The summed E-state index contributed by atoms with van der Waals surface area (Å²) in [7, 11) is 4.67. The smallest absolute Gasteiger partial charge is 0.244 e. The lowest BCUT2D eigenvalue weighted by Gasteiger charge is -2.19. The Bertz CT molecular complexity index is 1040.